The van der Waals surface area contributed by atoms with Crippen molar-refractivity contribution in [2.24, 2.45) is 10.7 Å². The summed E-state index contributed by atoms with van der Waals surface area (Å²) in [4.78, 5) is 4.40. The van der Waals surface area contributed by atoms with Crippen LogP contribution in [0, 0.1) is 0 Å². The van der Waals surface area contributed by atoms with E-state index in [2.05, 4.69) is 10.3 Å². The average Bonchev–Trinajstić information content (AvgIpc) is 2.40. The molecule has 0 bridgehead atoms. The number of halogens is 1. The molecule has 19 heavy (non-hydrogen) atoms. The van der Waals surface area contributed by atoms with Crippen molar-refractivity contribution in [1.29, 1.82) is 0 Å². The van der Waals surface area contributed by atoms with Crippen LogP contribution in [0.25, 0.3) is 0 Å². The normalized spacial score (nSPS) is 13.1. The fraction of sp³-hybridized carbons (Fsp3) is 0.133. The first kappa shape index (κ1) is 13.4. The smallest absolute Gasteiger partial charge is 0.193 e. The Morgan fingerprint density at radius 3 is 2.42 bits per heavy atom. The van der Waals surface area contributed by atoms with Gasteiger partial charge in [0.25, 0.3) is 0 Å². The van der Waals surface area contributed by atoms with Crippen LogP contribution in [0.4, 0.5) is 5.69 Å². The average molecular weight is 274 g/mol. The number of hydrogen-bond acceptors (Lipinski definition) is 1. The van der Waals surface area contributed by atoms with Gasteiger partial charge in [-0.25, -0.2) is 4.99 Å². The van der Waals surface area contributed by atoms with Gasteiger partial charge >= 0.3 is 0 Å². The van der Waals surface area contributed by atoms with Crippen LogP contribution in [0.3, 0.4) is 0 Å². The molecule has 1 unspecified atom stereocenters. The fourth-order valence-corrected chi connectivity index (χ4v) is 2.09. The van der Waals surface area contributed by atoms with Crippen LogP contribution in [-0.2, 0) is 0 Å². The van der Waals surface area contributed by atoms with Crippen LogP contribution in [0.15, 0.2) is 59.6 Å². The first-order valence-corrected chi connectivity index (χ1v) is 6.44. The lowest BCUT2D eigenvalue weighted by Crippen LogP contribution is -2.23. The Bertz CT molecular complexity index is 567. The summed E-state index contributed by atoms with van der Waals surface area (Å²) >= 11 is 6.13. The molecule has 2 aromatic carbocycles. The number of anilines is 1. The highest BCUT2D eigenvalue weighted by molar-refractivity contribution is 6.31. The van der Waals surface area contributed by atoms with Crippen LogP contribution in [0.1, 0.15) is 18.5 Å². The summed E-state index contributed by atoms with van der Waals surface area (Å²) in [6.07, 6.45) is 0. The SMILES string of the molecule is CC(N=C(N)Nc1ccccc1)c1ccccc1Cl. The molecule has 0 fully saturated rings. The molecule has 0 aromatic heterocycles. The number of para-hydroxylation sites is 1. The number of guanidine groups is 1. The van der Waals surface area contributed by atoms with Gasteiger partial charge in [-0.05, 0) is 30.7 Å². The first-order valence-electron chi connectivity index (χ1n) is 6.06. The van der Waals surface area contributed by atoms with Gasteiger partial charge in [0.1, 0.15) is 0 Å². The van der Waals surface area contributed by atoms with Gasteiger partial charge in [-0.1, -0.05) is 48.0 Å². The Balaban J connectivity index is 2.11. The van der Waals surface area contributed by atoms with E-state index in [1.54, 1.807) is 0 Å². The van der Waals surface area contributed by atoms with Gasteiger partial charge < -0.3 is 11.1 Å². The summed E-state index contributed by atoms with van der Waals surface area (Å²) < 4.78 is 0. The second-order valence-corrected chi connectivity index (χ2v) is 4.61. The molecule has 98 valence electrons. The number of nitrogens with two attached hydrogens (primary N) is 1. The summed E-state index contributed by atoms with van der Waals surface area (Å²) in [5, 5.41) is 3.75. The van der Waals surface area contributed by atoms with Gasteiger partial charge in [-0.15, -0.1) is 0 Å². The minimum absolute atomic E-state index is 0.0927. The Labute approximate surface area is 118 Å². The third-order valence-electron chi connectivity index (χ3n) is 2.73. The number of aliphatic imine (C=N–C) groups is 1. The number of hydrogen-bond donors (Lipinski definition) is 2. The van der Waals surface area contributed by atoms with Crippen molar-refractivity contribution >= 4 is 23.2 Å². The van der Waals surface area contributed by atoms with Gasteiger partial charge in [0.2, 0.25) is 0 Å². The molecule has 0 saturated carbocycles. The van der Waals surface area contributed by atoms with Crippen LogP contribution >= 0.6 is 11.6 Å². The van der Waals surface area contributed by atoms with E-state index in [0.717, 1.165) is 11.3 Å². The van der Waals surface area contributed by atoms with Crippen molar-refractivity contribution in [1.82, 2.24) is 0 Å². The Hall–Kier alpha value is -2.00. The highest BCUT2D eigenvalue weighted by atomic mass is 35.5. The highest BCUT2D eigenvalue weighted by Crippen LogP contribution is 2.24. The molecule has 0 saturated heterocycles. The maximum absolute atomic E-state index is 6.13. The van der Waals surface area contributed by atoms with Crippen molar-refractivity contribution < 1.29 is 0 Å². The molecule has 3 nitrogen and oxygen atoms in total. The lowest BCUT2D eigenvalue weighted by atomic mass is 10.1. The zero-order valence-corrected chi connectivity index (χ0v) is 11.4. The molecular weight excluding hydrogens is 258 g/mol. The number of benzene rings is 2. The van der Waals surface area contributed by atoms with Crippen molar-refractivity contribution in [2.75, 3.05) is 5.32 Å². The minimum atomic E-state index is -0.0927. The number of rotatable bonds is 3. The third kappa shape index (κ3) is 3.73. The first-order chi connectivity index (χ1) is 9.16. The van der Waals surface area contributed by atoms with Gasteiger partial charge in [0, 0.05) is 10.7 Å². The molecule has 4 heteroatoms. The number of nitrogens with zero attached hydrogens (tertiary/aromatic N) is 1. The van der Waals surface area contributed by atoms with Crippen LogP contribution in [0.2, 0.25) is 5.02 Å². The predicted molar refractivity (Wildman–Crippen MR) is 81.6 cm³/mol. The molecule has 3 N–H and O–H groups in total. The van der Waals surface area contributed by atoms with E-state index < -0.39 is 0 Å². The molecule has 0 aliphatic carbocycles. The zero-order chi connectivity index (χ0) is 13.7. The van der Waals surface area contributed by atoms with Crippen molar-refractivity contribution in [3.63, 3.8) is 0 Å². The molecule has 0 radical (unpaired) electrons. The van der Waals surface area contributed by atoms with Gasteiger partial charge in [-0.3, -0.25) is 0 Å². The summed E-state index contributed by atoms with van der Waals surface area (Å²) in [5.74, 6) is 0.374. The summed E-state index contributed by atoms with van der Waals surface area (Å²) in [5.41, 5.74) is 7.76. The van der Waals surface area contributed by atoms with Crippen molar-refractivity contribution in [3.05, 3.63) is 65.2 Å². The molecule has 0 aliphatic rings. The monoisotopic (exact) mass is 273 g/mol. The van der Waals surface area contributed by atoms with E-state index in [4.69, 9.17) is 17.3 Å². The van der Waals surface area contributed by atoms with Gasteiger partial charge in [0.15, 0.2) is 5.96 Å². The van der Waals surface area contributed by atoms with E-state index in [-0.39, 0.29) is 6.04 Å². The van der Waals surface area contributed by atoms with E-state index in [9.17, 15) is 0 Å². The quantitative estimate of drug-likeness (QED) is 0.660. The standard InChI is InChI=1S/C15H16ClN3/c1-11(13-9-5-6-10-14(13)16)18-15(17)19-12-7-3-2-4-8-12/h2-11H,1H3,(H3,17,18,19). The molecule has 0 aliphatic heterocycles. The summed E-state index contributed by atoms with van der Waals surface area (Å²) in [7, 11) is 0. The van der Waals surface area contributed by atoms with E-state index in [1.807, 2.05) is 61.5 Å². The lowest BCUT2D eigenvalue weighted by Gasteiger charge is -2.11. The summed E-state index contributed by atoms with van der Waals surface area (Å²) in [6, 6.07) is 17.2. The minimum Gasteiger partial charge on any atom is -0.370 e. The second-order valence-electron chi connectivity index (χ2n) is 4.20. The summed E-state index contributed by atoms with van der Waals surface area (Å²) in [6.45, 7) is 1.96. The fourth-order valence-electron chi connectivity index (χ4n) is 1.79. The topological polar surface area (TPSA) is 50.4 Å². The van der Waals surface area contributed by atoms with E-state index in [1.165, 1.54) is 0 Å². The molecule has 0 spiro atoms. The zero-order valence-electron chi connectivity index (χ0n) is 10.7. The van der Waals surface area contributed by atoms with Crippen LogP contribution in [0.5, 0.6) is 0 Å². The third-order valence-corrected chi connectivity index (χ3v) is 3.08. The van der Waals surface area contributed by atoms with Crippen molar-refractivity contribution in [3.8, 4) is 0 Å². The maximum Gasteiger partial charge on any atom is 0.193 e. The molecule has 2 aromatic rings. The largest absolute Gasteiger partial charge is 0.370 e. The number of nitrogens with one attached hydrogen (secondary N) is 1. The van der Waals surface area contributed by atoms with Crippen LogP contribution in [-0.4, -0.2) is 5.96 Å². The van der Waals surface area contributed by atoms with Gasteiger partial charge in [-0.2, -0.15) is 0 Å². The Morgan fingerprint density at radius 2 is 1.74 bits per heavy atom. The molecule has 1 atom stereocenters. The molecule has 0 amide bonds. The van der Waals surface area contributed by atoms with E-state index >= 15 is 0 Å². The predicted octanol–water partition coefficient (Wildman–Crippen LogP) is 3.83. The Morgan fingerprint density at radius 1 is 1.11 bits per heavy atom. The highest BCUT2D eigenvalue weighted by Gasteiger charge is 2.08. The maximum atomic E-state index is 6.13. The van der Waals surface area contributed by atoms with Gasteiger partial charge in [0.05, 0.1) is 6.04 Å². The van der Waals surface area contributed by atoms with E-state index in [0.29, 0.717) is 11.0 Å². The van der Waals surface area contributed by atoms with Crippen molar-refractivity contribution in [2.45, 2.75) is 13.0 Å². The molecule has 0 heterocycles. The lowest BCUT2D eigenvalue weighted by molar-refractivity contribution is 0.818. The molecule has 2 rings (SSSR count). The van der Waals surface area contributed by atoms with Crippen LogP contribution < -0.4 is 11.1 Å². The Kier molecular flexibility index (Phi) is 4.42. The second kappa shape index (κ2) is 6.25. The molecular formula is C15H16ClN3.